The lowest BCUT2D eigenvalue weighted by Crippen LogP contribution is -2.38. The second kappa shape index (κ2) is 3.42. The van der Waals surface area contributed by atoms with E-state index in [1.807, 2.05) is 6.07 Å². The molecule has 16 heavy (non-hydrogen) atoms. The summed E-state index contributed by atoms with van der Waals surface area (Å²) >= 11 is 0. The average Bonchev–Trinajstić information content (AvgIpc) is 2.26. The van der Waals surface area contributed by atoms with E-state index < -0.39 is 5.60 Å². The Morgan fingerprint density at radius 2 is 2.06 bits per heavy atom. The van der Waals surface area contributed by atoms with Crippen molar-refractivity contribution in [3.05, 3.63) is 41.2 Å². The smallest absolute Gasteiger partial charge is 0.127 e. The summed E-state index contributed by atoms with van der Waals surface area (Å²) in [6.45, 7) is 0. The lowest BCUT2D eigenvalue weighted by molar-refractivity contribution is 0.0240. The SMILES string of the molecule is OC1(C2=CCCc3c(F)cccc32)CCC1. The third-order valence-corrected chi connectivity index (χ3v) is 3.83. The van der Waals surface area contributed by atoms with Gasteiger partial charge in [-0.25, -0.2) is 4.39 Å². The first-order valence-electron chi connectivity index (χ1n) is 5.91. The molecule has 0 unspecified atom stereocenters. The van der Waals surface area contributed by atoms with Crippen LogP contribution in [0.3, 0.4) is 0 Å². The first kappa shape index (κ1) is 10.0. The van der Waals surface area contributed by atoms with Crippen LogP contribution >= 0.6 is 0 Å². The highest BCUT2D eigenvalue weighted by Gasteiger charge is 2.40. The van der Waals surface area contributed by atoms with Gasteiger partial charge in [-0.15, -0.1) is 0 Å². The third kappa shape index (κ3) is 1.33. The molecule has 1 aromatic carbocycles. The van der Waals surface area contributed by atoms with Crippen LogP contribution in [-0.2, 0) is 6.42 Å². The van der Waals surface area contributed by atoms with Crippen LogP contribution in [0, 0.1) is 5.82 Å². The van der Waals surface area contributed by atoms with Gasteiger partial charge in [-0.1, -0.05) is 18.2 Å². The van der Waals surface area contributed by atoms with E-state index in [2.05, 4.69) is 6.08 Å². The van der Waals surface area contributed by atoms with Gasteiger partial charge in [-0.05, 0) is 54.9 Å². The monoisotopic (exact) mass is 218 g/mol. The number of hydrogen-bond donors (Lipinski definition) is 1. The van der Waals surface area contributed by atoms with E-state index in [1.54, 1.807) is 6.07 Å². The Labute approximate surface area is 94.6 Å². The van der Waals surface area contributed by atoms with E-state index >= 15 is 0 Å². The molecule has 1 aromatic rings. The van der Waals surface area contributed by atoms with E-state index in [4.69, 9.17) is 0 Å². The number of hydrogen-bond acceptors (Lipinski definition) is 1. The second-order valence-corrected chi connectivity index (χ2v) is 4.81. The molecular weight excluding hydrogens is 203 g/mol. The van der Waals surface area contributed by atoms with Crippen LogP contribution in [-0.4, -0.2) is 10.7 Å². The van der Waals surface area contributed by atoms with Crippen molar-refractivity contribution in [2.75, 3.05) is 0 Å². The van der Waals surface area contributed by atoms with Gasteiger partial charge in [0.1, 0.15) is 5.82 Å². The maximum Gasteiger partial charge on any atom is 0.127 e. The molecule has 0 atom stereocenters. The molecule has 0 spiro atoms. The Bertz CT molecular complexity index is 458. The first-order valence-corrected chi connectivity index (χ1v) is 5.91. The molecule has 0 bridgehead atoms. The van der Waals surface area contributed by atoms with Crippen LogP contribution in [0.15, 0.2) is 24.3 Å². The zero-order chi connectivity index (χ0) is 11.2. The average molecular weight is 218 g/mol. The lowest BCUT2D eigenvalue weighted by atomic mass is 9.70. The molecule has 1 saturated carbocycles. The normalized spacial score (nSPS) is 22.0. The summed E-state index contributed by atoms with van der Waals surface area (Å²) in [6, 6.07) is 5.17. The van der Waals surface area contributed by atoms with Crippen molar-refractivity contribution >= 4 is 5.57 Å². The third-order valence-electron chi connectivity index (χ3n) is 3.83. The highest BCUT2D eigenvalue weighted by Crippen LogP contribution is 2.45. The maximum atomic E-state index is 13.6. The molecule has 1 fully saturated rings. The molecule has 1 N–H and O–H groups in total. The van der Waals surface area contributed by atoms with Crippen LogP contribution in [0.25, 0.3) is 5.57 Å². The van der Waals surface area contributed by atoms with Gasteiger partial charge in [0.05, 0.1) is 5.60 Å². The van der Waals surface area contributed by atoms with Gasteiger partial charge in [-0.2, -0.15) is 0 Å². The molecule has 3 rings (SSSR count). The number of halogens is 1. The second-order valence-electron chi connectivity index (χ2n) is 4.81. The number of aliphatic hydroxyl groups is 1. The van der Waals surface area contributed by atoms with E-state index in [1.165, 1.54) is 6.07 Å². The predicted octanol–water partition coefficient (Wildman–Crippen LogP) is 3.07. The van der Waals surface area contributed by atoms with Crippen LogP contribution < -0.4 is 0 Å². The fraction of sp³-hybridized carbons (Fsp3) is 0.429. The molecule has 2 aliphatic rings. The van der Waals surface area contributed by atoms with Crippen molar-refractivity contribution in [1.82, 2.24) is 0 Å². The summed E-state index contributed by atoms with van der Waals surface area (Å²) in [6.07, 6.45) is 6.37. The zero-order valence-corrected chi connectivity index (χ0v) is 9.17. The van der Waals surface area contributed by atoms with Crippen LogP contribution in [0.5, 0.6) is 0 Å². The van der Waals surface area contributed by atoms with E-state index in [0.717, 1.165) is 48.8 Å². The summed E-state index contributed by atoms with van der Waals surface area (Å²) in [5.74, 6) is -0.133. The Balaban J connectivity index is 2.10. The van der Waals surface area contributed by atoms with E-state index in [0.29, 0.717) is 0 Å². The van der Waals surface area contributed by atoms with Gasteiger partial charge in [0, 0.05) is 0 Å². The molecule has 1 nitrogen and oxygen atoms in total. The van der Waals surface area contributed by atoms with Crippen molar-refractivity contribution in [3.63, 3.8) is 0 Å². The standard InChI is InChI=1S/C14H15FO/c15-13-7-2-4-10-11(13)5-1-6-12(10)14(16)8-3-9-14/h2,4,6-7,16H,1,3,5,8-9H2. The largest absolute Gasteiger partial charge is 0.385 e. The van der Waals surface area contributed by atoms with E-state index in [-0.39, 0.29) is 5.82 Å². The summed E-state index contributed by atoms with van der Waals surface area (Å²) in [5.41, 5.74) is 1.98. The fourth-order valence-corrected chi connectivity index (χ4v) is 2.76. The number of benzene rings is 1. The summed E-state index contributed by atoms with van der Waals surface area (Å²) < 4.78 is 13.6. The fourth-order valence-electron chi connectivity index (χ4n) is 2.76. The van der Waals surface area contributed by atoms with Crippen molar-refractivity contribution in [1.29, 1.82) is 0 Å². The van der Waals surface area contributed by atoms with Crippen molar-refractivity contribution in [3.8, 4) is 0 Å². The lowest BCUT2D eigenvalue weighted by Gasteiger charge is -2.40. The van der Waals surface area contributed by atoms with E-state index in [9.17, 15) is 9.50 Å². The Morgan fingerprint density at radius 3 is 2.75 bits per heavy atom. The minimum Gasteiger partial charge on any atom is -0.385 e. The number of allylic oxidation sites excluding steroid dienone is 1. The van der Waals surface area contributed by atoms with Crippen molar-refractivity contribution in [2.24, 2.45) is 0 Å². The van der Waals surface area contributed by atoms with Gasteiger partial charge in [-0.3, -0.25) is 0 Å². The Hall–Kier alpha value is -1.15. The van der Waals surface area contributed by atoms with Gasteiger partial charge < -0.3 is 5.11 Å². The van der Waals surface area contributed by atoms with Crippen LogP contribution in [0.4, 0.5) is 4.39 Å². The molecular formula is C14H15FO. The number of rotatable bonds is 1. The van der Waals surface area contributed by atoms with Gasteiger partial charge >= 0.3 is 0 Å². The molecule has 0 radical (unpaired) electrons. The molecule has 2 aliphatic carbocycles. The zero-order valence-electron chi connectivity index (χ0n) is 9.17. The summed E-state index contributed by atoms with van der Waals surface area (Å²) in [7, 11) is 0. The van der Waals surface area contributed by atoms with Crippen molar-refractivity contribution < 1.29 is 9.50 Å². The Morgan fingerprint density at radius 1 is 1.25 bits per heavy atom. The summed E-state index contributed by atoms with van der Waals surface area (Å²) in [5, 5.41) is 10.4. The summed E-state index contributed by atoms with van der Waals surface area (Å²) in [4.78, 5) is 0. The van der Waals surface area contributed by atoms with Gasteiger partial charge in [0.15, 0.2) is 0 Å². The quantitative estimate of drug-likeness (QED) is 0.768. The Kier molecular flexibility index (Phi) is 2.15. The highest BCUT2D eigenvalue weighted by molar-refractivity contribution is 5.76. The van der Waals surface area contributed by atoms with Crippen LogP contribution in [0.2, 0.25) is 0 Å². The molecule has 0 saturated heterocycles. The van der Waals surface area contributed by atoms with Crippen molar-refractivity contribution in [2.45, 2.75) is 37.7 Å². The molecule has 0 amide bonds. The number of fused-ring (bicyclic) bond motifs is 1. The van der Waals surface area contributed by atoms with Gasteiger partial charge in [0.2, 0.25) is 0 Å². The topological polar surface area (TPSA) is 20.2 Å². The molecule has 0 aromatic heterocycles. The molecule has 84 valence electrons. The highest BCUT2D eigenvalue weighted by atomic mass is 19.1. The van der Waals surface area contributed by atoms with Gasteiger partial charge in [0.25, 0.3) is 0 Å². The first-order chi connectivity index (χ1) is 7.71. The minimum atomic E-state index is -0.678. The molecule has 2 heteroatoms. The molecule has 0 aliphatic heterocycles. The maximum absolute atomic E-state index is 13.6. The predicted molar refractivity (Wildman–Crippen MR) is 61.5 cm³/mol. The minimum absolute atomic E-state index is 0.133. The van der Waals surface area contributed by atoms with Crippen LogP contribution in [0.1, 0.15) is 36.8 Å². The molecule has 0 heterocycles.